The molecule has 0 amide bonds. The largest absolute Gasteiger partial charge is 0.354 e. The van der Waals surface area contributed by atoms with E-state index in [9.17, 15) is 40.5 Å². The molecule has 9 rings (SSSR count). The van der Waals surface area contributed by atoms with E-state index in [-0.39, 0.29) is 22.7 Å². The van der Waals surface area contributed by atoms with Crippen LogP contribution in [0, 0.1) is 68.2 Å². The molecular formula is C48H34N8O8. The first-order chi connectivity index (χ1) is 30.7. The van der Waals surface area contributed by atoms with E-state index in [4.69, 9.17) is 9.97 Å². The van der Waals surface area contributed by atoms with Crippen molar-refractivity contribution in [2.75, 3.05) is 0 Å². The van der Waals surface area contributed by atoms with Gasteiger partial charge in [-0.05, 0) is 98.5 Å². The van der Waals surface area contributed by atoms with Gasteiger partial charge in [-0.2, -0.15) is 0 Å². The summed E-state index contributed by atoms with van der Waals surface area (Å²) < 4.78 is 0. The molecule has 0 aliphatic carbocycles. The topological polar surface area (TPSA) is 230 Å². The second-order valence-corrected chi connectivity index (χ2v) is 15.5. The number of hydrogen-bond acceptors (Lipinski definition) is 10. The predicted octanol–water partition coefficient (Wildman–Crippen LogP) is 12.2. The lowest BCUT2D eigenvalue weighted by Crippen LogP contribution is -1.95. The van der Waals surface area contributed by atoms with Crippen LogP contribution in [0.25, 0.3) is 90.9 Å². The fraction of sp³-hybridized carbons (Fsp3) is 0.0833. The number of fused-ring (bicyclic) bond motifs is 8. The van der Waals surface area contributed by atoms with Crippen LogP contribution in [0.4, 0.5) is 22.7 Å². The van der Waals surface area contributed by atoms with E-state index in [2.05, 4.69) is 9.97 Å². The molecule has 7 aromatic rings. The minimum Gasteiger partial charge on any atom is -0.354 e. The van der Waals surface area contributed by atoms with E-state index in [1.165, 1.54) is 24.3 Å². The van der Waals surface area contributed by atoms with Crippen molar-refractivity contribution < 1.29 is 19.7 Å². The molecule has 0 atom stereocenters. The number of nitro benzene ring substituents is 4. The van der Waals surface area contributed by atoms with Gasteiger partial charge in [0.2, 0.25) is 0 Å². The Balaban J connectivity index is 1.49. The van der Waals surface area contributed by atoms with Crippen molar-refractivity contribution in [3.8, 4) is 44.5 Å². The lowest BCUT2D eigenvalue weighted by atomic mass is 10.0. The number of H-pyrrole nitrogens is 2. The van der Waals surface area contributed by atoms with Crippen molar-refractivity contribution in [1.82, 2.24) is 19.9 Å². The van der Waals surface area contributed by atoms with Crippen molar-refractivity contribution in [2.24, 2.45) is 0 Å². The van der Waals surface area contributed by atoms with Crippen LogP contribution in [0.1, 0.15) is 45.0 Å². The van der Waals surface area contributed by atoms with Gasteiger partial charge in [0.25, 0.3) is 22.7 Å². The monoisotopic (exact) mass is 850 g/mol. The molecule has 0 radical (unpaired) electrons. The molecule has 2 aliphatic rings. The third-order valence-corrected chi connectivity index (χ3v) is 11.5. The van der Waals surface area contributed by atoms with Crippen molar-refractivity contribution in [1.29, 1.82) is 0 Å². The average molecular weight is 851 g/mol. The summed E-state index contributed by atoms with van der Waals surface area (Å²) in [6, 6.07) is 26.8. The molecule has 3 aromatic heterocycles. The molecule has 64 heavy (non-hydrogen) atoms. The fourth-order valence-electron chi connectivity index (χ4n) is 8.27. The highest BCUT2D eigenvalue weighted by Crippen LogP contribution is 2.41. The molecule has 2 aliphatic heterocycles. The van der Waals surface area contributed by atoms with Gasteiger partial charge in [0, 0.05) is 90.8 Å². The molecule has 2 N–H and O–H groups in total. The SMILES string of the molecule is Cc1ccc(-c2c3nc(c(-c4ccc(C)c([N+](=O)[O-])c4)c4ccc([nH]4)c(-c4ccc(C)c([N+](=O)[O-])c4)c4nc(c(-c5ccc(C)c([N+](=O)[O-])c5)c5ccc2[nH]5)C=C4)C=C3)cc1[N+](=O)[O-]. The maximum Gasteiger partial charge on any atom is 0.272 e. The standard InChI is InChI=1S/C48H34N8O8/c1-25-5-9-29(21-41(25)53(57)58)45-33-13-15-35(49-33)46(30-10-6-26(2)42(22-30)54(59)60)37-17-19-39(51-37)48(32-12-8-28(4)44(24-32)56(63)64)40-20-18-38(52-40)47(36-16-14-34(45)50-36)31-11-7-27(3)43(23-31)55(61)62/h5-24,49,52H,1-4H3. The number of benzene rings is 4. The number of nitrogens with one attached hydrogen (secondary N) is 2. The van der Waals surface area contributed by atoms with E-state index in [0.717, 1.165) is 0 Å². The highest BCUT2D eigenvalue weighted by molar-refractivity contribution is 6.00. The van der Waals surface area contributed by atoms with Gasteiger partial charge < -0.3 is 9.97 Å². The maximum absolute atomic E-state index is 12.3. The first kappa shape index (κ1) is 40.5. The molecule has 0 saturated heterocycles. The molecular weight excluding hydrogens is 817 g/mol. The van der Waals surface area contributed by atoms with Crippen molar-refractivity contribution in [3.05, 3.63) is 183 Å². The zero-order valence-corrected chi connectivity index (χ0v) is 34.5. The van der Waals surface area contributed by atoms with E-state index in [1.54, 1.807) is 125 Å². The van der Waals surface area contributed by atoms with Crippen LogP contribution in [-0.4, -0.2) is 39.6 Å². The fourth-order valence-corrected chi connectivity index (χ4v) is 8.27. The summed E-state index contributed by atoms with van der Waals surface area (Å²) in [5, 5.41) is 49.1. The molecule has 314 valence electrons. The number of nitro groups is 4. The highest BCUT2D eigenvalue weighted by atomic mass is 16.6. The van der Waals surface area contributed by atoms with Gasteiger partial charge >= 0.3 is 0 Å². The third-order valence-electron chi connectivity index (χ3n) is 11.5. The molecule has 5 heterocycles. The number of aromatic nitrogens is 4. The molecule has 0 fully saturated rings. The lowest BCUT2D eigenvalue weighted by Gasteiger charge is -2.08. The van der Waals surface area contributed by atoms with Gasteiger partial charge in [0.1, 0.15) is 0 Å². The van der Waals surface area contributed by atoms with Gasteiger partial charge in [-0.15, -0.1) is 0 Å². The Morgan fingerprint density at radius 3 is 0.781 bits per heavy atom. The Morgan fingerprint density at radius 1 is 0.359 bits per heavy atom. The minimum absolute atomic E-state index is 0.104. The van der Waals surface area contributed by atoms with Crippen LogP contribution < -0.4 is 0 Å². The Kier molecular flexibility index (Phi) is 9.82. The summed E-state index contributed by atoms with van der Waals surface area (Å²) in [6.07, 6.45) is 7.07. The quantitative estimate of drug-likeness (QED) is 0.108. The molecule has 4 aromatic carbocycles. The summed E-state index contributed by atoms with van der Waals surface area (Å²) in [5.74, 6) is 0. The minimum atomic E-state index is -0.452. The van der Waals surface area contributed by atoms with Crippen LogP contribution in [0.3, 0.4) is 0 Å². The second kappa shape index (κ2) is 15.5. The summed E-state index contributed by atoms with van der Waals surface area (Å²) in [4.78, 5) is 64.5. The summed E-state index contributed by atoms with van der Waals surface area (Å²) >= 11 is 0. The highest BCUT2D eigenvalue weighted by Gasteiger charge is 2.24. The smallest absolute Gasteiger partial charge is 0.272 e. The average Bonchev–Trinajstić information content (AvgIpc) is 4.11. The first-order valence-corrected chi connectivity index (χ1v) is 19.8. The van der Waals surface area contributed by atoms with Crippen LogP contribution in [-0.2, 0) is 0 Å². The van der Waals surface area contributed by atoms with E-state index in [0.29, 0.717) is 112 Å². The molecule has 0 unspecified atom stereocenters. The number of aryl methyl sites for hydroxylation is 4. The van der Waals surface area contributed by atoms with Gasteiger partial charge in [-0.25, -0.2) is 9.97 Å². The Hall–Kier alpha value is -8.92. The van der Waals surface area contributed by atoms with Gasteiger partial charge in [0.15, 0.2) is 0 Å². The lowest BCUT2D eigenvalue weighted by molar-refractivity contribution is -0.385. The number of hydrogen-bond donors (Lipinski definition) is 2. The molecule has 0 saturated carbocycles. The Morgan fingerprint density at radius 2 is 0.578 bits per heavy atom. The van der Waals surface area contributed by atoms with Crippen LogP contribution in [0.2, 0.25) is 0 Å². The summed E-state index contributed by atoms with van der Waals surface area (Å²) in [6.45, 7) is 6.59. The third kappa shape index (κ3) is 7.03. The van der Waals surface area contributed by atoms with Crippen LogP contribution >= 0.6 is 0 Å². The van der Waals surface area contributed by atoms with E-state index in [1.807, 2.05) is 0 Å². The van der Waals surface area contributed by atoms with Crippen LogP contribution in [0.5, 0.6) is 0 Å². The van der Waals surface area contributed by atoms with Gasteiger partial charge in [-0.3, -0.25) is 40.5 Å². The first-order valence-electron chi connectivity index (χ1n) is 19.8. The summed E-state index contributed by atoms with van der Waals surface area (Å²) in [7, 11) is 0. The molecule has 0 spiro atoms. The number of nitrogens with zero attached hydrogens (tertiary/aromatic N) is 6. The van der Waals surface area contributed by atoms with Crippen molar-refractivity contribution in [3.63, 3.8) is 0 Å². The van der Waals surface area contributed by atoms with E-state index < -0.39 is 19.7 Å². The van der Waals surface area contributed by atoms with Crippen LogP contribution in [0.15, 0.2) is 97.1 Å². The number of aromatic amines is 2. The van der Waals surface area contributed by atoms with Crippen molar-refractivity contribution in [2.45, 2.75) is 27.7 Å². The maximum atomic E-state index is 12.3. The zero-order chi connectivity index (χ0) is 45.1. The summed E-state index contributed by atoms with van der Waals surface area (Å²) in [5.41, 5.74) is 8.96. The Bertz CT molecular complexity index is 3030. The van der Waals surface area contributed by atoms with Gasteiger partial charge in [0.05, 0.1) is 42.5 Å². The zero-order valence-electron chi connectivity index (χ0n) is 34.5. The van der Waals surface area contributed by atoms with Gasteiger partial charge in [-0.1, -0.05) is 48.5 Å². The molecule has 16 heteroatoms. The van der Waals surface area contributed by atoms with Crippen molar-refractivity contribution >= 4 is 69.1 Å². The Labute approximate surface area is 362 Å². The predicted molar refractivity (Wildman–Crippen MR) is 246 cm³/mol. The molecule has 16 nitrogen and oxygen atoms in total. The molecule has 8 bridgehead atoms. The normalized spacial score (nSPS) is 11.8. The van der Waals surface area contributed by atoms with E-state index >= 15 is 0 Å². The number of rotatable bonds is 8. The second-order valence-electron chi connectivity index (χ2n) is 15.5.